The molecule has 13 nitrogen and oxygen atoms in total. The molecule has 0 bridgehead atoms. The third-order valence-corrected chi connectivity index (χ3v) is 7.02. The number of phosphoric acid groups is 1. The zero-order valence-electron chi connectivity index (χ0n) is 19.6. The van der Waals surface area contributed by atoms with E-state index in [9.17, 15) is 19.1 Å². The number of carbonyl (C=O) groups excluding carboxylic acids is 1. The lowest BCUT2D eigenvalue weighted by Crippen LogP contribution is -2.33. The van der Waals surface area contributed by atoms with Gasteiger partial charge in [-0.25, -0.2) is 9.67 Å². The summed E-state index contributed by atoms with van der Waals surface area (Å²) in [5, 5.41) is 13.6. The van der Waals surface area contributed by atoms with E-state index in [4.69, 9.17) is 9.84 Å². The van der Waals surface area contributed by atoms with E-state index in [-0.39, 0.29) is 17.8 Å². The molecule has 0 aromatic carbocycles. The van der Waals surface area contributed by atoms with E-state index in [2.05, 4.69) is 24.9 Å². The van der Waals surface area contributed by atoms with Gasteiger partial charge in [-0.1, -0.05) is 6.07 Å². The first kappa shape index (κ1) is 25.4. The average Bonchev–Trinajstić information content (AvgIpc) is 3.59. The molecule has 15 heteroatoms. The molecule has 1 fully saturated rings. The van der Waals surface area contributed by atoms with Gasteiger partial charge in [0, 0.05) is 36.1 Å². The Morgan fingerprint density at radius 1 is 1.30 bits per heavy atom. The van der Waals surface area contributed by atoms with Gasteiger partial charge in [-0.15, -0.1) is 11.3 Å². The van der Waals surface area contributed by atoms with Gasteiger partial charge in [0.05, 0.1) is 37.5 Å². The molecule has 4 aromatic heterocycles. The van der Waals surface area contributed by atoms with E-state index >= 15 is 0 Å². The Kier molecular flexibility index (Phi) is 7.29. The third kappa shape index (κ3) is 6.01. The van der Waals surface area contributed by atoms with Crippen molar-refractivity contribution in [2.24, 2.45) is 0 Å². The van der Waals surface area contributed by atoms with E-state index in [1.54, 1.807) is 17.8 Å². The van der Waals surface area contributed by atoms with Gasteiger partial charge >= 0.3 is 0 Å². The van der Waals surface area contributed by atoms with Crippen molar-refractivity contribution in [3.8, 4) is 22.0 Å². The molecule has 1 aliphatic rings. The van der Waals surface area contributed by atoms with Crippen molar-refractivity contribution >= 4 is 30.8 Å². The largest absolute Gasteiger partial charge is 0.790 e. The molecule has 1 saturated carbocycles. The topological polar surface area (TPSA) is 172 Å². The summed E-state index contributed by atoms with van der Waals surface area (Å²) >= 11 is 1.22. The van der Waals surface area contributed by atoms with Crippen molar-refractivity contribution < 1.29 is 28.4 Å². The molecule has 0 spiro atoms. The highest BCUT2D eigenvalue weighted by Crippen LogP contribution is 2.37. The summed E-state index contributed by atoms with van der Waals surface area (Å²) in [5.74, 6) is -0.422. The lowest BCUT2D eigenvalue weighted by molar-refractivity contribution is -0.344. The van der Waals surface area contributed by atoms with Gasteiger partial charge in [0.1, 0.15) is 23.1 Å². The number of phosphoric ester groups is 1. The van der Waals surface area contributed by atoms with E-state index < -0.39 is 20.5 Å². The molecule has 0 unspecified atom stereocenters. The molecule has 0 saturated heterocycles. The van der Waals surface area contributed by atoms with Crippen molar-refractivity contribution in [2.45, 2.75) is 38.6 Å². The smallest absolute Gasteiger partial charge is 0.275 e. The number of thiazole rings is 1. The summed E-state index contributed by atoms with van der Waals surface area (Å²) in [4.78, 5) is 43.2. The van der Waals surface area contributed by atoms with E-state index in [1.807, 2.05) is 29.8 Å². The number of carbonyl (C=O) groups is 1. The maximum Gasteiger partial charge on any atom is 0.275 e. The Labute approximate surface area is 215 Å². The first-order valence-electron chi connectivity index (χ1n) is 11.4. The van der Waals surface area contributed by atoms with Gasteiger partial charge in [0.15, 0.2) is 0 Å². The van der Waals surface area contributed by atoms with Crippen LogP contribution < -0.4 is 15.1 Å². The van der Waals surface area contributed by atoms with Crippen molar-refractivity contribution in [1.82, 2.24) is 29.5 Å². The molecule has 0 radical (unpaired) electrons. The Balaban J connectivity index is 1.32. The molecule has 4 heterocycles. The fraction of sp³-hybridized carbons (Fsp3) is 0.318. The fourth-order valence-electron chi connectivity index (χ4n) is 3.86. The monoisotopic (exact) mass is 543 g/mol. The maximum absolute atomic E-state index is 13.1. The first-order chi connectivity index (χ1) is 17.8. The van der Waals surface area contributed by atoms with Crippen LogP contribution in [0.3, 0.4) is 0 Å². The SMILES string of the molecule is CCOC1CC(n2cc(NC(=O)c3csc(-c4cnn(COP(=O)([O-])[O-])c4)n3)c(-c3ccccn3)n2)C1. The number of hydrogen-bond acceptors (Lipinski definition) is 11. The number of ether oxygens (including phenoxy) is 1. The van der Waals surface area contributed by atoms with Crippen molar-refractivity contribution in [3.05, 3.63) is 54.1 Å². The van der Waals surface area contributed by atoms with Crippen LogP contribution in [0, 0.1) is 0 Å². The number of amides is 1. The van der Waals surface area contributed by atoms with Crippen LogP contribution in [0.5, 0.6) is 0 Å². The summed E-state index contributed by atoms with van der Waals surface area (Å²) in [6, 6.07) is 5.66. The summed E-state index contributed by atoms with van der Waals surface area (Å²) < 4.78 is 23.5. The maximum atomic E-state index is 13.1. The molecule has 194 valence electrons. The highest BCUT2D eigenvalue weighted by atomic mass is 32.1. The van der Waals surface area contributed by atoms with Gasteiger partial charge in [-0.3, -0.25) is 14.5 Å². The molecule has 0 aliphatic heterocycles. The number of nitrogens with zero attached hydrogens (tertiary/aromatic N) is 6. The lowest BCUT2D eigenvalue weighted by atomic mass is 9.89. The molecule has 1 aliphatic carbocycles. The number of pyridine rings is 1. The number of nitrogens with one attached hydrogen (secondary N) is 1. The first-order valence-corrected chi connectivity index (χ1v) is 13.7. The zero-order valence-corrected chi connectivity index (χ0v) is 21.3. The van der Waals surface area contributed by atoms with E-state index in [0.29, 0.717) is 34.3 Å². The predicted molar refractivity (Wildman–Crippen MR) is 129 cm³/mol. The van der Waals surface area contributed by atoms with Crippen LogP contribution in [-0.4, -0.2) is 48.1 Å². The second kappa shape index (κ2) is 10.6. The second-order valence-electron chi connectivity index (χ2n) is 8.25. The molecule has 1 amide bonds. The second-order valence-corrected chi connectivity index (χ2v) is 10.3. The van der Waals surface area contributed by atoms with E-state index in [0.717, 1.165) is 17.5 Å². The van der Waals surface area contributed by atoms with Crippen LogP contribution in [0.4, 0.5) is 5.69 Å². The summed E-state index contributed by atoms with van der Waals surface area (Å²) in [5.41, 5.74) is 2.43. The average molecular weight is 544 g/mol. The minimum absolute atomic E-state index is 0.174. The van der Waals surface area contributed by atoms with Crippen molar-refractivity contribution in [1.29, 1.82) is 0 Å². The molecule has 1 N–H and O–H groups in total. The quantitative estimate of drug-likeness (QED) is 0.292. The number of hydrogen-bond donors (Lipinski definition) is 1. The van der Waals surface area contributed by atoms with Gasteiger partial charge in [0.2, 0.25) is 0 Å². The van der Waals surface area contributed by atoms with Crippen LogP contribution in [-0.2, 0) is 20.6 Å². The highest BCUT2D eigenvalue weighted by molar-refractivity contribution is 7.43. The third-order valence-electron chi connectivity index (χ3n) is 5.70. The van der Waals surface area contributed by atoms with Crippen LogP contribution in [0.25, 0.3) is 22.0 Å². The Morgan fingerprint density at radius 2 is 2.14 bits per heavy atom. The van der Waals surface area contributed by atoms with E-state index in [1.165, 1.54) is 23.7 Å². The number of anilines is 1. The van der Waals surface area contributed by atoms with Gasteiger partial charge < -0.3 is 28.9 Å². The molecule has 5 rings (SSSR count). The van der Waals surface area contributed by atoms with Crippen molar-refractivity contribution in [2.75, 3.05) is 11.9 Å². The predicted octanol–water partition coefficient (Wildman–Crippen LogP) is 2.06. The number of rotatable bonds is 10. The normalized spacial score (nSPS) is 17.5. The van der Waals surface area contributed by atoms with Gasteiger partial charge in [-0.2, -0.15) is 10.2 Å². The Bertz CT molecular complexity index is 1430. The summed E-state index contributed by atoms with van der Waals surface area (Å²) in [7, 11) is -5.12. The minimum atomic E-state index is -5.12. The van der Waals surface area contributed by atoms with Crippen LogP contribution in [0.2, 0.25) is 0 Å². The molecule has 4 aromatic rings. The minimum Gasteiger partial charge on any atom is -0.790 e. The Morgan fingerprint density at radius 3 is 2.86 bits per heavy atom. The standard InChI is InChI=1S/C22H24N7O6PS/c1-2-34-16-7-15(8-16)29-11-18(20(27-29)17-5-3-4-6-23-17)25-21(30)19-12-37-22(26-19)14-9-24-28(10-14)13-35-36(31,32)33/h3-6,9-12,15-16H,2,7-8,13H2,1H3,(H,25,30)(H2,31,32,33)/p-2. The van der Waals surface area contributed by atoms with Crippen LogP contribution in [0.1, 0.15) is 36.3 Å². The fourth-order valence-corrected chi connectivity index (χ4v) is 4.89. The number of aromatic nitrogens is 6. The molecule has 0 atom stereocenters. The zero-order chi connectivity index (χ0) is 26.0. The van der Waals surface area contributed by atoms with Crippen LogP contribution in [0.15, 0.2) is 48.4 Å². The molecular weight excluding hydrogens is 521 g/mol. The van der Waals surface area contributed by atoms with Crippen LogP contribution >= 0.6 is 19.2 Å². The molecular formula is C22H22N7O6PS-2. The van der Waals surface area contributed by atoms with Crippen molar-refractivity contribution in [3.63, 3.8) is 0 Å². The summed E-state index contributed by atoms with van der Waals surface area (Å²) in [6.45, 7) is 2.10. The lowest BCUT2D eigenvalue weighted by Gasteiger charge is -2.34. The summed E-state index contributed by atoms with van der Waals surface area (Å²) in [6.07, 6.45) is 8.27. The Hall–Kier alpha value is -3.26. The van der Waals surface area contributed by atoms with Gasteiger partial charge in [-0.05, 0) is 31.9 Å². The highest BCUT2D eigenvalue weighted by Gasteiger charge is 2.32. The van der Waals surface area contributed by atoms with Gasteiger partial charge in [0.25, 0.3) is 5.91 Å². The molecule has 37 heavy (non-hydrogen) atoms.